The van der Waals surface area contributed by atoms with E-state index in [2.05, 4.69) is 15.3 Å². The number of nitrogens with one attached hydrogen (secondary N) is 1. The molecule has 2 aromatic carbocycles. The van der Waals surface area contributed by atoms with Crippen LogP contribution in [0, 0.1) is 11.3 Å². The molecule has 1 N–H and O–H groups in total. The standard InChI is InChI=1S/C19H14N4O3/c1-12(18(24)23-15-5-2-13(11-20)3-6-15)26-19(25)14-4-7-16-17(10-14)22-9-8-21-16/h2-10,12H,1H3,(H,23,24)/t12-/m1/s1. The van der Waals surface area contributed by atoms with Gasteiger partial charge in [0.05, 0.1) is 28.2 Å². The Bertz CT molecular complexity index is 1010. The Balaban J connectivity index is 1.65. The fourth-order valence-corrected chi connectivity index (χ4v) is 2.24. The second-order valence-electron chi connectivity index (χ2n) is 5.49. The predicted molar refractivity (Wildman–Crippen MR) is 94.2 cm³/mol. The normalized spacial score (nSPS) is 11.4. The molecule has 0 aliphatic carbocycles. The summed E-state index contributed by atoms with van der Waals surface area (Å²) < 4.78 is 5.21. The van der Waals surface area contributed by atoms with Crippen molar-refractivity contribution >= 4 is 28.6 Å². The maximum Gasteiger partial charge on any atom is 0.338 e. The molecule has 0 saturated heterocycles. The summed E-state index contributed by atoms with van der Waals surface area (Å²) in [6, 6.07) is 13.2. The molecule has 0 bridgehead atoms. The lowest BCUT2D eigenvalue weighted by atomic mass is 10.2. The van der Waals surface area contributed by atoms with Crippen molar-refractivity contribution in [1.29, 1.82) is 5.26 Å². The van der Waals surface area contributed by atoms with Gasteiger partial charge < -0.3 is 10.1 Å². The third kappa shape index (κ3) is 3.82. The molecule has 0 aliphatic rings. The number of carbonyl (C=O) groups excluding carboxylic acids is 2. The Morgan fingerprint density at radius 1 is 1.08 bits per heavy atom. The molecular weight excluding hydrogens is 332 g/mol. The van der Waals surface area contributed by atoms with Gasteiger partial charge in [-0.3, -0.25) is 14.8 Å². The van der Waals surface area contributed by atoms with Crippen LogP contribution in [0.15, 0.2) is 54.9 Å². The number of anilines is 1. The third-order valence-electron chi connectivity index (χ3n) is 3.64. The van der Waals surface area contributed by atoms with E-state index in [0.717, 1.165) is 0 Å². The maximum absolute atomic E-state index is 12.3. The van der Waals surface area contributed by atoms with Gasteiger partial charge in [0.2, 0.25) is 0 Å². The number of carbonyl (C=O) groups is 2. The zero-order valence-electron chi connectivity index (χ0n) is 13.8. The molecule has 128 valence electrons. The number of rotatable bonds is 4. The van der Waals surface area contributed by atoms with E-state index in [1.165, 1.54) is 13.1 Å². The number of aromatic nitrogens is 2. The number of benzene rings is 2. The lowest BCUT2D eigenvalue weighted by molar-refractivity contribution is -0.123. The summed E-state index contributed by atoms with van der Waals surface area (Å²) in [5, 5.41) is 11.4. The van der Waals surface area contributed by atoms with Crippen molar-refractivity contribution in [1.82, 2.24) is 9.97 Å². The molecule has 3 aromatic rings. The maximum atomic E-state index is 12.3. The Morgan fingerprint density at radius 2 is 1.77 bits per heavy atom. The van der Waals surface area contributed by atoms with Gasteiger partial charge in [0.1, 0.15) is 0 Å². The fourth-order valence-electron chi connectivity index (χ4n) is 2.24. The monoisotopic (exact) mass is 346 g/mol. The van der Waals surface area contributed by atoms with Crippen LogP contribution in [0.4, 0.5) is 5.69 Å². The molecule has 26 heavy (non-hydrogen) atoms. The highest BCUT2D eigenvalue weighted by molar-refractivity contribution is 5.98. The van der Waals surface area contributed by atoms with Crippen molar-refractivity contribution in [3.05, 3.63) is 66.0 Å². The van der Waals surface area contributed by atoms with E-state index in [-0.39, 0.29) is 5.56 Å². The van der Waals surface area contributed by atoms with E-state index in [4.69, 9.17) is 10.00 Å². The number of nitriles is 1. The lowest BCUT2D eigenvalue weighted by Gasteiger charge is -2.13. The van der Waals surface area contributed by atoms with Crippen LogP contribution in [0.25, 0.3) is 11.0 Å². The second-order valence-corrected chi connectivity index (χ2v) is 5.49. The number of ether oxygens (including phenoxy) is 1. The van der Waals surface area contributed by atoms with Crippen molar-refractivity contribution in [2.24, 2.45) is 0 Å². The minimum Gasteiger partial charge on any atom is -0.449 e. The molecule has 1 amide bonds. The third-order valence-corrected chi connectivity index (χ3v) is 3.64. The highest BCUT2D eigenvalue weighted by Gasteiger charge is 2.19. The molecule has 1 heterocycles. The van der Waals surface area contributed by atoms with Gasteiger partial charge in [-0.15, -0.1) is 0 Å². The van der Waals surface area contributed by atoms with Crippen LogP contribution in [-0.2, 0) is 9.53 Å². The first-order valence-corrected chi connectivity index (χ1v) is 7.79. The zero-order chi connectivity index (χ0) is 18.5. The van der Waals surface area contributed by atoms with Gasteiger partial charge in [0.25, 0.3) is 5.91 Å². The van der Waals surface area contributed by atoms with Crippen LogP contribution in [-0.4, -0.2) is 27.9 Å². The van der Waals surface area contributed by atoms with Crippen molar-refractivity contribution in [2.75, 3.05) is 5.32 Å². The Kier molecular flexibility index (Phi) is 4.85. The molecule has 0 saturated carbocycles. The topological polar surface area (TPSA) is 105 Å². The van der Waals surface area contributed by atoms with Crippen molar-refractivity contribution in [3.63, 3.8) is 0 Å². The summed E-state index contributed by atoms with van der Waals surface area (Å²) in [5.74, 6) is -1.09. The van der Waals surface area contributed by atoms with Crippen molar-refractivity contribution < 1.29 is 14.3 Å². The largest absolute Gasteiger partial charge is 0.449 e. The summed E-state index contributed by atoms with van der Waals surface area (Å²) >= 11 is 0. The van der Waals surface area contributed by atoms with Crippen molar-refractivity contribution in [3.8, 4) is 6.07 Å². The first kappa shape index (κ1) is 17.0. The first-order chi connectivity index (χ1) is 12.6. The van der Waals surface area contributed by atoms with Crippen LogP contribution >= 0.6 is 0 Å². The summed E-state index contributed by atoms with van der Waals surface area (Å²) in [6.07, 6.45) is 2.11. The number of hydrogen-bond acceptors (Lipinski definition) is 6. The zero-order valence-corrected chi connectivity index (χ0v) is 13.8. The number of nitrogens with zero attached hydrogens (tertiary/aromatic N) is 3. The lowest BCUT2D eigenvalue weighted by Crippen LogP contribution is -2.30. The van der Waals surface area contributed by atoms with Crippen LogP contribution in [0.1, 0.15) is 22.8 Å². The second kappa shape index (κ2) is 7.40. The minimum atomic E-state index is -0.990. The molecule has 1 aromatic heterocycles. The molecule has 3 rings (SSSR count). The molecule has 0 spiro atoms. The average Bonchev–Trinajstić information content (AvgIpc) is 2.68. The Labute approximate surface area is 149 Å². The van der Waals surface area contributed by atoms with E-state index in [1.54, 1.807) is 48.7 Å². The summed E-state index contributed by atoms with van der Waals surface area (Å²) in [7, 11) is 0. The number of fused-ring (bicyclic) bond motifs is 1. The van der Waals surface area contributed by atoms with Crippen molar-refractivity contribution in [2.45, 2.75) is 13.0 Å². The van der Waals surface area contributed by atoms with E-state index in [0.29, 0.717) is 22.3 Å². The highest BCUT2D eigenvalue weighted by atomic mass is 16.5. The average molecular weight is 346 g/mol. The van der Waals surface area contributed by atoms with Gasteiger partial charge in [-0.05, 0) is 49.4 Å². The first-order valence-electron chi connectivity index (χ1n) is 7.79. The molecule has 7 heteroatoms. The Hall–Kier alpha value is -3.79. The summed E-state index contributed by atoms with van der Waals surface area (Å²) in [5.41, 5.74) is 2.52. The van der Waals surface area contributed by atoms with Gasteiger partial charge >= 0.3 is 5.97 Å². The van der Waals surface area contributed by atoms with Crippen LogP contribution in [0.5, 0.6) is 0 Å². The molecule has 1 atom stereocenters. The molecule has 0 radical (unpaired) electrons. The Morgan fingerprint density at radius 3 is 2.46 bits per heavy atom. The van der Waals surface area contributed by atoms with Gasteiger partial charge in [0, 0.05) is 18.1 Å². The van der Waals surface area contributed by atoms with E-state index >= 15 is 0 Å². The van der Waals surface area contributed by atoms with Crippen LogP contribution in [0.3, 0.4) is 0 Å². The number of esters is 1. The molecule has 0 aliphatic heterocycles. The molecule has 7 nitrogen and oxygen atoms in total. The highest BCUT2D eigenvalue weighted by Crippen LogP contribution is 2.14. The fraction of sp³-hybridized carbons (Fsp3) is 0.105. The van der Waals surface area contributed by atoms with Gasteiger partial charge in [-0.25, -0.2) is 4.79 Å². The quantitative estimate of drug-likeness (QED) is 0.728. The van der Waals surface area contributed by atoms with Gasteiger partial charge in [-0.2, -0.15) is 5.26 Å². The van der Waals surface area contributed by atoms with Gasteiger partial charge in [-0.1, -0.05) is 0 Å². The smallest absolute Gasteiger partial charge is 0.338 e. The molecule has 0 fully saturated rings. The van der Waals surface area contributed by atoms with E-state index in [1.807, 2.05) is 6.07 Å². The summed E-state index contributed by atoms with van der Waals surface area (Å²) in [6.45, 7) is 1.48. The van der Waals surface area contributed by atoms with E-state index in [9.17, 15) is 9.59 Å². The van der Waals surface area contributed by atoms with Crippen LogP contribution in [0.2, 0.25) is 0 Å². The van der Waals surface area contributed by atoms with E-state index < -0.39 is 18.0 Å². The summed E-state index contributed by atoms with van der Waals surface area (Å²) in [4.78, 5) is 32.7. The minimum absolute atomic E-state index is 0.288. The van der Waals surface area contributed by atoms with Gasteiger partial charge in [0.15, 0.2) is 6.10 Å². The number of amides is 1. The van der Waals surface area contributed by atoms with Crippen LogP contribution < -0.4 is 5.32 Å². The molecular formula is C19H14N4O3. The SMILES string of the molecule is C[C@@H](OC(=O)c1ccc2nccnc2c1)C(=O)Nc1ccc(C#N)cc1. The predicted octanol–water partition coefficient (Wildman–Crippen LogP) is 2.69. The molecule has 0 unspecified atom stereocenters. The number of hydrogen-bond donors (Lipinski definition) is 1.